The average Bonchev–Trinajstić information content (AvgIpc) is 2.87. The van der Waals surface area contributed by atoms with Gasteiger partial charge in [0.15, 0.2) is 0 Å². The highest BCUT2D eigenvalue weighted by Gasteiger charge is 2.23. The van der Waals surface area contributed by atoms with E-state index >= 15 is 0 Å². The number of nitrogens with two attached hydrogens (primary N) is 2. The van der Waals surface area contributed by atoms with Crippen molar-refractivity contribution < 1.29 is 19.1 Å². The Balaban J connectivity index is 1.48. The molecular formula is C23H18N6O5. The number of amides is 2. The van der Waals surface area contributed by atoms with Crippen molar-refractivity contribution in [2.45, 2.75) is 6.61 Å². The summed E-state index contributed by atoms with van der Waals surface area (Å²) in [5.74, 6) is 10.7. The molecule has 1 aromatic heterocycles. The number of hydrogen-bond acceptors (Lipinski definition) is 8. The average molecular weight is 458 g/mol. The Labute approximate surface area is 191 Å². The summed E-state index contributed by atoms with van der Waals surface area (Å²) in [6.07, 6.45) is 0. The van der Waals surface area contributed by atoms with Gasteiger partial charge in [-0.3, -0.25) is 25.2 Å². The summed E-state index contributed by atoms with van der Waals surface area (Å²) in [6.45, 7) is 0.110. The number of H-pyrrole nitrogens is 1. The van der Waals surface area contributed by atoms with Gasteiger partial charge in [-0.15, -0.1) is 0 Å². The first-order valence-corrected chi connectivity index (χ1v) is 10.1. The lowest BCUT2D eigenvalue weighted by Gasteiger charge is -2.20. The van der Waals surface area contributed by atoms with Crippen LogP contribution in [0, 0.1) is 0 Å². The molecule has 11 heteroatoms. The molecule has 11 nitrogen and oxygen atoms in total. The maximum absolute atomic E-state index is 12.2. The van der Waals surface area contributed by atoms with E-state index < -0.39 is 11.8 Å². The minimum Gasteiger partial charge on any atom is -0.489 e. The predicted molar refractivity (Wildman–Crippen MR) is 122 cm³/mol. The molecule has 0 unspecified atom stereocenters. The molecule has 2 heterocycles. The summed E-state index contributed by atoms with van der Waals surface area (Å²) < 4.78 is 11.8. The van der Waals surface area contributed by atoms with Crippen molar-refractivity contribution in [3.63, 3.8) is 0 Å². The van der Waals surface area contributed by atoms with Gasteiger partial charge in [-0.2, -0.15) is 5.10 Å². The van der Waals surface area contributed by atoms with Crippen LogP contribution in [0.2, 0.25) is 0 Å². The summed E-state index contributed by atoms with van der Waals surface area (Å²) in [4.78, 5) is 36.1. The van der Waals surface area contributed by atoms with Gasteiger partial charge in [0.1, 0.15) is 29.5 Å². The van der Waals surface area contributed by atoms with Crippen molar-refractivity contribution in [2.75, 3.05) is 0 Å². The van der Waals surface area contributed by atoms with Crippen molar-refractivity contribution in [1.29, 1.82) is 0 Å². The molecule has 0 fully saturated rings. The highest BCUT2D eigenvalue weighted by molar-refractivity contribution is 6.02. The zero-order chi connectivity index (χ0) is 23.8. The zero-order valence-corrected chi connectivity index (χ0v) is 17.5. The molecule has 0 aliphatic carbocycles. The Morgan fingerprint density at radius 1 is 0.971 bits per heavy atom. The first-order chi connectivity index (χ1) is 16.5. The first-order valence-electron chi connectivity index (χ1n) is 10.1. The Morgan fingerprint density at radius 3 is 2.41 bits per heavy atom. The highest BCUT2D eigenvalue weighted by atomic mass is 16.5. The van der Waals surface area contributed by atoms with Crippen molar-refractivity contribution in [3.05, 3.63) is 81.6 Å². The van der Waals surface area contributed by atoms with E-state index in [1.165, 1.54) is 18.2 Å². The van der Waals surface area contributed by atoms with E-state index in [2.05, 4.69) is 10.2 Å². The van der Waals surface area contributed by atoms with E-state index in [1.807, 2.05) is 23.0 Å². The Hall–Kier alpha value is -4.74. The van der Waals surface area contributed by atoms with Crippen molar-refractivity contribution in [2.24, 2.45) is 11.7 Å². The number of nitrogens with one attached hydrogen (secondary N) is 3. The number of fused-ring (bicyclic) bond motifs is 2. The maximum atomic E-state index is 12.2. The second-order valence-corrected chi connectivity index (χ2v) is 7.49. The molecule has 0 saturated heterocycles. The van der Waals surface area contributed by atoms with Gasteiger partial charge in [-0.25, -0.2) is 16.8 Å². The molecule has 1 aliphatic heterocycles. The Morgan fingerprint density at radius 2 is 1.71 bits per heavy atom. The molecule has 0 spiro atoms. The summed E-state index contributed by atoms with van der Waals surface area (Å²) in [5.41, 5.74) is 6.06. The highest BCUT2D eigenvalue weighted by Crippen LogP contribution is 2.44. The standard InChI is InChI=1S/C23H18N6O5/c24-26-21(30)12-7-13(22(31)27-25)9-14(8-12)33-10-11-4-5-17-16(6-11)20-19-15(23(32)29-28-20)2-1-3-18(19)34-17/h1-9H,10,24-25H2,(H,26,30)(H,27,31)(H,29,32). The van der Waals surface area contributed by atoms with Gasteiger partial charge in [0, 0.05) is 16.7 Å². The Kier molecular flexibility index (Phi) is 5.17. The summed E-state index contributed by atoms with van der Waals surface area (Å²) >= 11 is 0. The number of benzene rings is 3. The number of aromatic amines is 1. The number of hydrogen-bond donors (Lipinski definition) is 5. The first kappa shape index (κ1) is 21.1. The fourth-order valence-electron chi connectivity index (χ4n) is 3.80. The number of rotatable bonds is 5. The summed E-state index contributed by atoms with van der Waals surface area (Å²) in [6, 6.07) is 15.0. The second-order valence-electron chi connectivity index (χ2n) is 7.49. The molecule has 34 heavy (non-hydrogen) atoms. The Bertz CT molecular complexity index is 1500. The predicted octanol–water partition coefficient (Wildman–Crippen LogP) is 1.48. The van der Waals surface area contributed by atoms with Crippen LogP contribution in [-0.2, 0) is 6.61 Å². The molecule has 3 aromatic carbocycles. The molecular weight excluding hydrogens is 440 g/mol. The van der Waals surface area contributed by atoms with Crippen LogP contribution in [0.4, 0.5) is 0 Å². The van der Waals surface area contributed by atoms with Gasteiger partial charge in [-0.1, -0.05) is 12.1 Å². The van der Waals surface area contributed by atoms with E-state index in [0.717, 1.165) is 5.56 Å². The lowest BCUT2D eigenvalue weighted by molar-refractivity contribution is 0.0953. The van der Waals surface area contributed by atoms with Crippen LogP contribution < -0.4 is 37.6 Å². The molecule has 0 radical (unpaired) electrons. The molecule has 2 amide bonds. The van der Waals surface area contributed by atoms with Gasteiger partial charge >= 0.3 is 0 Å². The van der Waals surface area contributed by atoms with Crippen LogP contribution in [0.3, 0.4) is 0 Å². The van der Waals surface area contributed by atoms with Gasteiger partial charge < -0.3 is 9.47 Å². The molecule has 0 atom stereocenters. The van der Waals surface area contributed by atoms with E-state index in [9.17, 15) is 14.4 Å². The van der Waals surface area contributed by atoms with E-state index in [0.29, 0.717) is 33.5 Å². The third kappa shape index (κ3) is 3.60. The van der Waals surface area contributed by atoms with Gasteiger partial charge in [0.05, 0.1) is 10.8 Å². The second kappa shape index (κ2) is 8.31. The third-order valence-corrected chi connectivity index (χ3v) is 5.39. The monoisotopic (exact) mass is 458 g/mol. The molecule has 170 valence electrons. The zero-order valence-electron chi connectivity index (χ0n) is 17.5. The van der Waals surface area contributed by atoms with Crippen molar-refractivity contribution >= 4 is 22.6 Å². The molecule has 0 bridgehead atoms. The SMILES string of the molecule is NNC(=O)c1cc(OCc2ccc3c(c2)-c2n[nH]c(=O)c4cccc(c24)O3)cc(C(=O)NN)c1. The fourth-order valence-corrected chi connectivity index (χ4v) is 3.80. The summed E-state index contributed by atoms with van der Waals surface area (Å²) in [5, 5.41) is 7.89. The minimum absolute atomic E-state index is 0.110. The number of carbonyl (C=O) groups excluding carboxylic acids is 2. The number of hydrazine groups is 2. The number of aromatic nitrogens is 2. The number of nitrogens with zero attached hydrogens (tertiary/aromatic N) is 1. The molecule has 0 saturated carbocycles. The third-order valence-electron chi connectivity index (χ3n) is 5.39. The number of carbonyl (C=O) groups is 2. The van der Waals surface area contributed by atoms with Crippen LogP contribution in [0.1, 0.15) is 26.3 Å². The molecule has 7 N–H and O–H groups in total. The smallest absolute Gasteiger partial charge is 0.272 e. The van der Waals surface area contributed by atoms with Crippen LogP contribution in [0.15, 0.2) is 59.4 Å². The topological polar surface area (TPSA) is 174 Å². The normalized spacial score (nSPS) is 11.4. The van der Waals surface area contributed by atoms with Gasteiger partial charge in [0.2, 0.25) is 0 Å². The van der Waals surface area contributed by atoms with E-state index in [-0.39, 0.29) is 29.0 Å². The largest absolute Gasteiger partial charge is 0.489 e. The van der Waals surface area contributed by atoms with Gasteiger partial charge in [-0.05, 0) is 48.0 Å². The quantitative estimate of drug-likeness (QED) is 0.149. The van der Waals surface area contributed by atoms with Gasteiger partial charge in [0.25, 0.3) is 17.4 Å². The van der Waals surface area contributed by atoms with Crippen LogP contribution in [0.25, 0.3) is 22.0 Å². The van der Waals surface area contributed by atoms with Crippen LogP contribution in [0.5, 0.6) is 17.2 Å². The lowest BCUT2D eigenvalue weighted by Crippen LogP contribution is -2.32. The van der Waals surface area contributed by atoms with E-state index in [1.54, 1.807) is 24.3 Å². The fraction of sp³-hybridized carbons (Fsp3) is 0.0435. The molecule has 5 rings (SSSR count). The lowest BCUT2D eigenvalue weighted by atomic mass is 9.99. The number of nitrogen functional groups attached to an aromatic ring is 2. The maximum Gasteiger partial charge on any atom is 0.272 e. The van der Waals surface area contributed by atoms with Crippen LogP contribution >= 0.6 is 0 Å². The van der Waals surface area contributed by atoms with Crippen molar-refractivity contribution in [1.82, 2.24) is 21.0 Å². The van der Waals surface area contributed by atoms with E-state index in [4.69, 9.17) is 21.2 Å². The molecule has 1 aliphatic rings. The molecule has 4 aromatic rings. The van der Waals surface area contributed by atoms with Crippen LogP contribution in [-0.4, -0.2) is 22.0 Å². The summed E-state index contributed by atoms with van der Waals surface area (Å²) in [7, 11) is 0. The van der Waals surface area contributed by atoms with Crippen molar-refractivity contribution in [3.8, 4) is 28.5 Å². The minimum atomic E-state index is -0.589. The number of ether oxygens (including phenoxy) is 2.